The van der Waals surface area contributed by atoms with Crippen LogP contribution in [0, 0.1) is 10.1 Å². The SMILES string of the molecule is CCNc1ccc([N+](=O)[O-])c(N2CCCCC2CCO)n1. The number of anilines is 2. The third kappa shape index (κ3) is 3.60. The van der Waals surface area contributed by atoms with E-state index in [1.54, 1.807) is 6.07 Å². The lowest BCUT2D eigenvalue weighted by molar-refractivity contribution is -0.384. The summed E-state index contributed by atoms with van der Waals surface area (Å²) in [7, 11) is 0. The van der Waals surface area contributed by atoms with E-state index in [0.29, 0.717) is 24.6 Å². The van der Waals surface area contributed by atoms with Gasteiger partial charge in [0.15, 0.2) is 0 Å². The standard InChI is InChI=1S/C14H22N4O3/c1-2-15-13-7-6-12(18(20)21)14(16-13)17-9-4-3-5-11(17)8-10-19/h6-7,11,19H,2-5,8-10H2,1H3,(H,15,16). The van der Waals surface area contributed by atoms with Gasteiger partial charge in [0.1, 0.15) is 5.82 Å². The van der Waals surface area contributed by atoms with Crippen molar-refractivity contribution in [3.63, 3.8) is 0 Å². The number of aliphatic hydroxyl groups excluding tert-OH is 1. The second-order valence-corrected chi connectivity index (χ2v) is 5.18. The average molecular weight is 294 g/mol. The molecule has 1 unspecified atom stereocenters. The topological polar surface area (TPSA) is 91.5 Å². The van der Waals surface area contributed by atoms with Gasteiger partial charge in [-0.2, -0.15) is 0 Å². The van der Waals surface area contributed by atoms with Crippen molar-refractivity contribution in [2.45, 2.75) is 38.6 Å². The molecular formula is C14H22N4O3. The summed E-state index contributed by atoms with van der Waals surface area (Å²) < 4.78 is 0. The van der Waals surface area contributed by atoms with Gasteiger partial charge in [0.25, 0.3) is 0 Å². The van der Waals surface area contributed by atoms with E-state index in [9.17, 15) is 15.2 Å². The van der Waals surface area contributed by atoms with Gasteiger partial charge in [-0.1, -0.05) is 0 Å². The molecule has 0 spiro atoms. The molecule has 2 N–H and O–H groups in total. The lowest BCUT2D eigenvalue weighted by Crippen LogP contribution is -2.41. The van der Waals surface area contributed by atoms with Crippen LogP contribution in [0.25, 0.3) is 0 Å². The molecular weight excluding hydrogens is 272 g/mol. The molecule has 7 heteroatoms. The number of nitro groups is 1. The zero-order valence-electron chi connectivity index (χ0n) is 12.3. The Balaban J connectivity index is 2.37. The van der Waals surface area contributed by atoms with Crippen LogP contribution in [-0.4, -0.2) is 40.8 Å². The second-order valence-electron chi connectivity index (χ2n) is 5.18. The fourth-order valence-electron chi connectivity index (χ4n) is 2.80. The van der Waals surface area contributed by atoms with E-state index in [1.807, 2.05) is 11.8 Å². The molecule has 0 amide bonds. The first-order chi connectivity index (χ1) is 10.2. The molecule has 2 rings (SSSR count). The molecule has 1 aromatic heterocycles. The number of pyridine rings is 1. The monoisotopic (exact) mass is 294 g/mol. The maximum Gasteiger partial charge on any atom is 0.311 e. The average Bonchev–Trinajstić information content (AvgIpc) is 2.48. The Labute approximate surface area is 124 Å². The van der Waals surface area contributed by atoms with E-state index in [-0.39, 0.29) is 23.3 Å². The highest BCUT2D eigenvalue weighted by molar-refractivity contribution is 5.62. The lowest BCUT2D eigenvalue weighted by Gasteiger charge is -2.36. The number of rotatable bonds is 6. The van der Waals surface area contributed by atoms with Gasteiger partial charge < -0.3 is 15.3 Å². The third-order valence-electron chi connectivity index (χ3n) is 3.77. The van der Waals surface area contributed by atoms with Crippen LogP contribution in [0.15, 0.2) is 12.1 Å². The first-order valence-corrected chi connectivity index (χ1v) is 7.44. The van der Waals surface area contributed by atoms with E-state index in [1.165, 1.54) is 6.07 Å². The Morgan fingerprint density at radius 2 is 2.33 bits per heavy atom. The van der Waals surface area contributed by atoms with Crippen molar-refractivity contribution in [1.82, 2.24) is 4.98 Å². The van der Waals surface area contributed by atoms with Gasteiger partial charge in [0.2, 0.25) is 5.82 Å². The van der Waals surface area contributed by atoms with Crippen molar-refractivity contribution in [2.24, 2.45) is 0 Å². The summed E-state index contributed by atoms with van der Waals surface area (Å²) in [4.78, 5) is 17.3. The molecule has 7 nitrogen and oxygen atoms in total. The summed E-state index contributed by atoms with van der Waals surface area (Å²) in [5.74, 6) is 1.06. The van der Waals surface area contributed by atoms with E-state index in [2.05, 4.69) is 10.3 Å². The normalized spacial score (nSPS) is 18.6. The van der Waals surface area contributed by atoms with Crippen LogP contribution in [0.4, 0.5) is 17.3 Å². The van der Waals surface area contributed by atoms with Crippen LogP contribution in [-0.2, 0) is 0 Å². The number of aliphatic hydroxyl groups is 1. The Kier molecular flexibility index (Phi) is 5.32. The Hall–Kier alpha value is -1.89. The van der Waals surface area contributed by atoms with Crippen molar-refractivity contribution < 1.29 is 10.0 Å². The van der Waals surface area contributed by atoms with Crippen molar-refractivity contribution in [3.8, 4) is 0 Å². The molecule has 1 aromatic rings. The number of piperidine rings is 1. The molecule has 0 aliphatic carbocycles. The summed E-state index contributed by atoms with van der Waals surface area (Å²) in [6.07, 6.45) is 3.63. The highest BCUT2D eigenvalue weighted by Crippen LogP contribution is 2.33. The molecule has 21 heavy (non-hydrogen) atoms. The Morgan fingerprint density at radius 1 is 1.52 bits per heavy atom. The van der Waals surface area contributed by atoms with Crippen LogP contribution < -0.4 is 10.2 Å². The van der Waals surface area contributed by atoms with Crippen molar-refractivity contribution >= 4 is 17.3 Å². The van der Waals surface area contributed by atoms with Gasteiger partial charge >= 0.3 is 5.69 Å². The molecule has 1 fully saturated rings. The number of hydrogen-bond donors (Lipinski definition) is 2. The van der Waals surface area contributed by atoms with E-state index in [4.69, 9.17) is 0 Å². The minimum Gasteiger partial charge on any atom is -0.396 e. The van der Waals surface area contributed by atoms with Gasteiger partial charge in [0.05, 0.1) is 4.92 Å². The third-order valence-corrected chi connectivity index (χ3v) is 3.77. The zero-order valence-corrected chi connectivity index (χ0v) is 12.3. The second kappa shape index (κ2) is 7.21. The van der Waals surface area contributed by atoms with Gasteiger partial charge in [-0.15, -0.1) is 0 Å². The molecule has 1 atom stereocenters. The molecule has 0 bridgehead atoms. The van der Waals surface area contributed by atoms with Crippen LogP contribution >= 0.6 is 0 Å². The van der Waals surface area contributed by atoms with Gasteiger partial charge in [0, 0.05) is 31.8 Å². The highest BCUT2D eigenvalue weighted by atomic mass is 16.6. The zero-order chi connectivity index (χ0) is 15.2. The first-order valence-electron chi connectivity index (χ1n) is 7.44. The number of nitrogens with one attached hydrogen (secondary N) is 1. The van der Waals surface area contributed by atoms with E-state index < -0.39 is 0 Å². The first kappa shape index (κ1) is 15.5. The summed E-state index contributed by atoms with van der Waals surface area (Å²) in [6.45, 7) is 3.50. The van der Waals surface area contributed by atoms with E-state index >= 15 is 0 Å². The minimum absolute atomic E-state index is 0.0292. The number of hydrogen-bond acceptors (Lipinski definition) is 6. The Bertz CT molecular complexity index is 493. The van der Waals surface area contributed by atoms with Gasteiger partial charge in [-0.25, -0.2) is 4.98 Å². The predicted molar refractivity (Wildman–Crippen MR) is 81.7 cm³/mol. The molecule has 1 aliphatic rings. The largest absolute Gasteiger partial charge is 0.396 e. The molecule has 1 saturated heterocycles. The van der Waals surface area contributed by atoms with E-state index in [0.717, 1.165) is 25.8 Å². The predicted octanol–water partition coefficient (Wildman–Crippen LogP) is 2.16. The van der Waals surface area contributed by atoms with Gasteiger partial charge in [-0.3, -0.25) is 10.1 Å². The summed E-state index contributed by atoms with van der Waals surface area (Å²) in [5.41, 5.74) is 0.0292. The van der Waals surface area contributed by atoms with Crippen molar-refractivity contribution in [1.29, 1.82) is 0 Å². The summed E-state index contributed by atoms with van der Waals surface area (Å²) >= 11 is 0. The van der Waals surface area contributed by atoms with Gasteiger partial charge in [-0.05, 0) is 38.7 Å². The highest BCUT2D eigenvalue weighted by Gasteiger charge is 2.29. The van der Waals surface area contributed by atoms with Crippen molar-refractivity contribution in [3.05, 3.63) is 22.2 Å². The fourth-order valence-corrected chi connectivity index (χ4v) is 2.80. The van der Waals surface area contributed by atoms with Crippen LogP contribution in [0.1, 0.15) is 32.6 Å². The minimum atomic E-state index is -0.386. The number of nitrogens with zero attached hydrogens (tertiary/aromatic N) is 3. The smallest absolute Gasteiger partial charge is 0.311 e. The molecule has 0 aromatic carbocycles. The molecule has 0 radical (unpaired) electrons. The molecule has 2 heterocycles. The molecule has 116 valence electrons. The molecule has 1 aliphatic heterocycles. The quantitative estimate of drug-likeness (QED) is 0.617. The summed E-state index contributed by atoms with van der Waals surface area (Å²) in [5, 5.41) is 23.6. The maximum absolute atomic E-state index is 11.3. The summed E-state index contributed by atoms with van der Waals surface area (Å²) in [6, 6.07) is 3.26. The van der Waals surface area contributed by atoms with Crippen LogP contribution in [0.5, 0.6) is 0 Å². The van der Waals surface area contributed by atoms with Crippen LogP contribution in [0.2, 0.25) is 0 Å². The lowest BCUT2D eigenvalue weighted by atomic mass is 9.99. The van der Waals surface area contributed by atoms with Crippen molar-refractivity contribution in [2.75, 3.05) is 29.9 Å². The fraction of sp³-hybridized carbons (Fsp3) is 0.643. The number of aromatic nitrogens is 1. The maximum atomic E-state index is 11.3. The van der Waals surface area contributed by atoms with Crippen LogP contribution in [0.3, 0.4) is 0 Å². The molecule has 0 saturated carbocycles. The Morgan fingerprint density at radius 3 is 3.00 bits per heavy atom.